The van der Waals surface area contributed by atoms with Gasteiger partial charge in [-0.25, -0.2) is 0 Å². The molecule has 2 rings (SSSR count). The minimum Gasteiger partial charge on any atom is -0.252 e. The summed E-state index contributed by atoms with van der Waals surface area (Å²) < 4.78 is 0. The molecule has 0 N–H and O–H groups in total. The van der Waals surface area contributed by atoms with Crippen molar-refractivity contribution in [3.05, 3.63) is 58.7 Å². The van der Waals surface area contributed by atoms with Crippen molar-refractivity contribution in [2.45, 2.75) is 119 Å². The van der Waals surface area contributed by atoms with Crippen LogP contribution in [0.3, 0.4) is 0 Å². The first kappa shape index (κ1) is 28.0. The quantitative estimate of drug-likeness (QED) is 0.186. The van der Waals surface area contributed by atoms with Crippen LogP contribution >= 0.6 is 0 Å². The Hall–Kier alpha value is -2.22. The third kappa shape index (κ3) is 8.53. The zero-order valence-corrected chi connectivity index (χ0v) is 22.8. The summed E-state index contributed by atoms with van der Waals surface area (Å²) in [6.07, 6.45) is 13.6. The first-order chi connectivity index (χ1) is 16.6. The van der Waals surface area contributed by atoms with Crippen molar-refractivity contribution in [1.29, 1.82) is 0 Å². The van der Waals surface area contributed by atoms with E-state index in [1.165, 1.54) is 65.8 Å². The largest absolute Gasteiger partial charge is 0.252 e. The second-order valence-electron chi connectivity index (χ2n) is 9.35. The van der Waals surface area contributed by atoms with Gasteiger partial charge in [-0.15, -0.1) is 0 Å². The van der Waals surface area contributed by atoms with Gasteiger partial charge in [-0.1, -0.05) is 79.4 Å². The lowest BCUT2D eigenvalue weighted by Crippen LogP contribution is -2.14. The van der Waals surface area contributed by atoms with E-state index in [0.29, 0.717) is 0 Å². The summed E-state index contributed by atoms with van der Waals surface area (Å²) >= 11 is 0. The molecule has 0 spiro atoms. The molecule has 0 aliphatic rings. The molecule has 186 valence electrons. The third-order valence-electron chi connectivity index (χ3n) is 6.80. The van der Waals surface area contributed by atoms with E-state index in [2.05, 4.69) is 77.9 Å². The molecular weight excluding hydrogens is 412 g/mol. The zero-order valence-electron chi connectivity index (χ0n) is 22.8. The molecule has 0 saturated heterocycles. The van der Waals surface area contributed by atoms with Crippen molar-refractivity contribution in [3.8, 4) is 0 Å². The molecule has 0 atom stereocenters. The highest BCUT2D eigenvalue weighted by Crippen LogP contribution is 2.24. The molecular formula is C32H48N2. The smallest absolute Gasteiger partial charge is 0.0636 e. The van der Waals surface area contributed by atoms with Gasteiger partial charge < -0.3 is 0 Å². The lowest BCUT2D eigenvalue weighted by molar-refractivity contribution is 0.683. The number of hydrogen-bond acceptors (Lipinski definition) is 2. The van der Waals surface area contributed by atoms with Gasteiger partial charge >= 0.3 is 0 Å². The van der Waals surface area contributed by atoms with Gasteiger partial charge in [0.2, 0.25) is 0 Å². The fourth-order valence-electron chi connectivity index (χ4n) is 4.62. The Labute approximate surface area is 210 Å². The van der Waals surface area contributed by atoms with Crippen LogP contribution in [0.4, 0.5) is 11.4 Å². The molecule has 0 unspecified atom stereocenters. The molecule has 0 heterocycles. The van der Waals surface area contributed by atoms with Crippen molar-refractivity contribution in [2.75, 3.05) is 0 Å². The van der Waals surface area contributed by atoms with Gasteiger partial charge in [0.05, 0.1) is 22.8 Å². The fraction of sp³-hybridized carbons (Fsp3) is 0.562. The van der Waals surface area contributed by atoms with Crippen molar-refractivity contribution >= 4 is 22.8 Å². The fourth-order valence-corrected chi connectivity index (χ4v) is 4.62. The summed E-state index contributed by atoms with van der Waals surface area (Å²) in [6.45, 7) is 13.5. The molecule has 0 fully saturated rings. The average Bonchev–Trinajstić information content (AvgIpc) is 2.87. The minimum atomic E-state index is 0.994. The lowest BCUT2D eigenvalue weighted by Gasteiger charge is -2.13. The van der Waals surface area contributed by atoms with Crippen LogP contribution in [-0.4, -0.2) is 11.4 Å². The molecule has 2 aromatic rings. The predicted octanol–water partition coefficient (Wildman–Crippen LogP) is 9.94. The van der Waals surface area contributed by atoms with Gasteiger partial charge in [0.15, 0.2) is 0 Å². The van der Waals surface area contributed by atoms with Crippen LogP contribution in [0.1, 0.15) is 115 Å². The van der Waals surface area contributed by atoms with Crippen molar-refractivity contribution in [1.82, 2.24) is 0 Å². The van der Waals surface area contributed by atoms with E-state index in [0.717, 1.165) is 56.3 Å². The van der Waals surface area contributed by atoms with Crippen LogP contribution < -0.4 is 0 Å². The topological polar surface area (TPSA) is 24.7 Å². The van der Waals surface area contributed by atoms with Crippen LogP contribution in [0.5, 0.6) is 0 Å². The molecule has 2 nitrogen and oxygen atoms in total. The Balaban J connectivity index is 2.51. The minimum absolute atomic E-state index is 0.994. The average molecular weight is 461 g/mol. The van der Waals surface area contributed by atoms with E-state index < -0.39 is 0 Å². The maximum absolute atomic E-state index is 5.25. The third-order valence-corrected chi connectivity index (χ3v) is 6.80. The summed E-state index contributed by atoms with van der Waals surface area (Å²) in [6, 6.07) is 13.5. The number of unbranched alkanes of at least 4 members (excludes halogenated alkanes) is 4. The van der Waals surface area contributed by atoms with Crippen LogP contribution in [0.25, 0.3) is 0 Å². The van der Waals surface area contributed by atoms with E-state index in [-0.39, 0.29) is 0 Å². The Morgan fingerprint density at radius 3 is 1.35 bits per heavy atom. The summed E-state index contributed by atoms with van der Waals surface area (Å²) in [5.41, 5.74) is 10.3. The highest BCUT2D eigenvalue weighted by molar-refractivity contribution is 6.43. The molecule has 0 aliphatic heterocycles. The standard InChI is InChI=1S/C32H48N2/c1-7-13-15-16-18-32(34-30-22-20-26(10-4)28(12-6)24-30)31(17-14-8-2)33-29-21-19-25(9-3)27(11-5)23-29/h19-24H,7-18H2,1-6H3/b33-31+,34-32+. The number of benzene rings is 2. The van der Waals surface area contributed by atoms with Gasteiger partial charge in [0.1, 0.15) is 0 Å². The maximum Gasteiger partial charge on any atom is 0.0636 e. The molecule has 0 aliphatic carbocycles. The van der Waals surface area contributed by atoms with Gasteiger partial charge in [0, 0.05) is 0 Å². The molecule has 0 saturated carbocycles. The number of rotatable bonds is 15. The summed E-state index contributed by atoms with van der Waals surface area (Å²) in [4.78, 5) is 10.5. The van der Waals surface area contributed by atoms with Gasteiger partial charge in [0.25, 0.3) is 0 Å². The van der Waals surface area contributed by atoms with Crippen molar-refractivity contribution in [3.63, 3.8) is 0 Å². The normalized spacial score (nSPS) is 12.4. The highest BCUT2D eigenvalue weighted by Gasteiger charge is 2.12. The van der Waals surface area contributed by atoms with Crippen LogP contribution in [0, 0.1) is 0 Å². The Kier molecular flexibility index (Phi) is 12.9. The van der Waals surface area contributed by atoms with Crippen LogP contribution in [0.2, 0.25) is 0 Å². The maximum atomic E-state index is 5.25. The molecule has 0 bridgehead atoms. The van der Waals surface area contributed by atoms with E-state index in [1.807, 2.05) is 0 Å². The van der Waals surface area contributed by atoms with Crippen LogP contribution in [-0.2, 0) is 25.7 Å². The van der Waals surface area contributed by atoms with E-state index in [1.54, 1.807) is 0 Å². The number of hydrogen-bond donors (Lipinski definition) is 0. The van der Waals surface area contributed by atoms with Crippen LogP contribution in [0.15, 0.2) is 46.4 Å². The first-order valence-corrected chi connectivity index (χ1v) is 14.0. The number of nitrogens with zero attached hydrogens (tertiary/aromatic N) is 2. The van der Waals surface area contributed by atoms with E-state index >= 15 is 0 Å². The highest BCUT2D eigenvalue weighted by atomic mass is 14.8. The van der Waals surface area contributed by atoms with Gasteiger partial charge in [-0.2, -0.15) is 0 Å². The Morgan fingerprint density at radius 1 is 0.500 bits per heavy atom. The molecule has 2 aromatic carbocycles. The second-order valence-corrected chi connectivity index (χ2v) is 9.35. The Morgan fingerprint density at radius 2 is 0.941 bits per heavy atom. The molecule has 2 heteroatoms. The summed E-state index contributed by atoms with van der Waals surface area (Å²) in [5, 5.41) is 0. The monoisotopic (exact) mass is 460 g/mol. The molecule has 34 heavy (non-hydrogen) atoms. The molecule has 0 radical (unpaired) electrons. The zero-order chi connectivity index (χ0) is 24.8. The van der Waals surface area contributed by atoms with Crippen molar-refractivity contribution in [2.24, 2.45) is 9.98 Å². The first-order valence-electron chi connectivity index (χ1n) is 14.0. The second kappa shape index (κ2) is 15.6. The number of aryl methyl sites for hydroxylation is 4. The predicted molar refractivity (Wildman–Crippen MR) is 153 cm³/mol. The molecule has 0 aromatic heterocycles. The summed E-state index contributed by atoms with van der Waals surface area (Å²) in [5.74, 6) is 0. The number of aliphatic imine (C=N–C) groups is 2. The van der Waals surface area contributed by atoms with Gasteiger partial charge in [-0.05, 0) is 97.9 Å². The SMILES string of the molecule is CCCCCCC(=N\c1ccc(CC)c(CC)c1)/C(CCCC)=N/c1ccc(CC)c(CC)c1. The Bertz CT molecular complexity index is 936. The van der Waals surface area contributed by atoms with Crippen molar-refractivity contribution < 1.29 is 0 Å². The molecule has 0 amide bonds. The van der Waals surface area contributed by atoms with E-state index in [4.69, 9.17) is 9.98 Å². The summed E-state index contributed by atoms with van der Waals surface area (Å²) in [7, 11) is 0. The lowest BCUT2D eigenvalue weighted by atomic mass is 10.00. The van der Waals surface area contributed by atoms with Gasteiger partial charge in [-0.3, -0.25) is 9.98 Å². The van der Waals surface area contributed by atoms with E-state index in [9.17, 15) is 0 Å².